The Morgan fingerprint density at radius 2 is 2.24 bits per heavy atom. The Balaban J connectivity index is 2.10. The molecule has 1 amide bonds. The Bertz CT molecular complexity index is 490. The molecule has 2 rings (SSSR count). The van der Waals surface area contributed by atoms with E-state index in [0.29, 0.717) is 23.8 Å². The zero-order valence-electron chi connectivity index (χ0n) is 9.90. The summed E-state index contributed by atoms with van der Waals surface area (Å²) in [4.78, 5) is 20.2. The van der Waals surface area contributed by atoms with Crippen molar-refractivity contribution in [1.82, 2.24) is 4.90 Å². The number of aliphatic imine (C=N–C) groups is 1. The van der Waals surface area contributed by atoms with E-state index in [9.17, 15) is 4.79 Å². The average molecular weight is 266 g/mol. The van der Waals surface area contributed by atoms with Gasteiger partial charge in [-0.3, -0.25) is 9.69 Å². The molecule has 2 heterocycles. The third-order valence-electron chi connectivity index (χ3n) is 2.54. The third-order valence-corrected chi connectivity index (χ3v) is 3.85. The topological polar surface area (TPSA) is 32.7 Å². The van der Waals surface area contributed by atoms with E-state index in [1.807, 2.05) is 13.0 Å². The quantitative estimate of drug-likeness (QED) is 0.785. The maximum Gasteiger partial charge on any atom is 0.274 e. The van der Waals surface area contributed by atoms with Gasteiger partial charge in [0, 0.05) is 22.7 Å². The first-order chi connectivity index (χ1) is 8.11. The van der Waals surface area contributed by atoms with E-state index in [0.717, 1.165) is 11.3 Å². The zero-order valence-corrected chi connectivity index (χ0v) is 11.5. The molecule has 1 aromatic rings. The molecule has 0 saturated heterocycles. The summed E-state index contributed by atoms with van der Waals surface area (Å²) in [7, 11) is 0. The first kappa shape index (κ1) is 12.4. The third kappa shape index (κ3) is 2.61. The van der Waals surface area contributed by atoms with Crippen molar-refractivity contribution in [2.45, 2.75) is 26.7 Å². The van der Waals surface area contributed by atoms with Gasteiger partial charge >= 0.3 is 0 Å². The molecule has 1 aromatic heterocycles. The highest BCUT2D eigenvalue weighted by Crippen LogP contribution is 2.18. The van der Waals surface area contributed by atoms with Crippen LogP contribution < -0.4 is 0 Å². The Morgan fingerprint density at radius 1 is 1.47 bits per heavy atom. The van der Waals surface area contributed by atoms with Gasteiger partial charge in [0.1, 0.15) is 5.71 Å². The Labute approximate surface area is 110 Å². The number of nitrogens with zero attached hydrogens (tertiary/aromatic N) is 2. The summed E-state index contributed by atoms with van der Waals surface area (Å²) in [5, 5.41) is 0.417. The first-order valence-corrected chi connectivity index (χ1v) is 6.83. The summed E-state index contributed by atoms with van der Waals surface area (Å²) < 4.78 is 0. The second-order valence-electron chi connectivity index (χ2n) is 3.99. The van der Waals surface area contributed by atoms with E-state index in [-0.39, 0.29) is 5.91 Å². The van der Waals surface area contributed by atoms with Crippen LogP contribution in [0.25, 0.3) is 0 Å². The van der Waals surface area contributed by atoms with Crippen LogP contribution in [0.5, 0.6) is 0 Å². The lowest BCUT2D eigenvalue weighted by Gasteiger charge is -2.12. The molecule has 1 aliphatic rings. The fourth-order valence-corrected chi connectivity index (χ4v) is 2.93. The summed E-state index contributed by atoms with van der Waals surface area (Å²) in [5.41, 5.74) is 0.574. The summed E-state index contributed by atoms with van der Waals surface area (Å²) in [6, 6.07) is 4.10. The summed E-state index contributed by atoms with van der Waals surface area (Å²) in [6.45, 7) is 4.74. The SMILES string of the molecule is CCCN1C(=O)C(Cc2ccc(C)s2)=NC1=S. The van der Waals surface area contributed by atoms with E-state index in [1.165, 1.54) is 4.88 Å². The van der Waals surface area contributed by atoms with Crippen molar-refractivity contribution in [3.63, 3.8) is 0 Å². The van der Waals surface area contributed by atoms with Gasteiger partial charge < -0.3 is 0 Å². The van der Waals surface area contributed by atoms with Gasteiger partial charge in [-0.1, -0.05) is 6.92 Å². The smallest absolute Gasteiger partial charge is 0.274 e. The number of aryl methyl sites for hydroxylation is 1. The fraction of sp³-hybridized carbons (Fsp3) is 0.417. The number of hydrogen-bond donors (Lipinski definition) is 0. The molecule has 0 aliphatic carbocycles. The summed E-state index contributed by atoms with van der Waals surface area (Å²) in [6.07, 6.45) is 1.49. The van der Waals surface area contributed by atoms with Crippen LogP contribution in [0.2, 0.25) is 0 Å². The Kier molecular flexibility index (Phi) is 3.69. The number of hydrogen-bond acceptors (Lipinski definition) is 3. The van der Waals surface area contributed by atoms with Crippen molar-refractivity contribution in [3.05, 3.63) is 21.9 Å². The molecule has 0 saturated carbocycles. The van der Waals surface area contributed by atoms with E-state index < -0.39 is 0 Å². The van der Waals surface area contributed by atoms with Crippen LogP contribution in [0.1, 0.15) is 23.1 Å². The van der Waals surface area contributed by atoms with Gasteiger partial charge in [0.2, 0.25) is 5.11 Å². The molecule has 0 fully saturated rings. The van der Waals surface area contributed by atoms with Crippen molar-refractivity contribution in [2.24, 2.45) is 4.99 Å². The molecule has 0 aromatic carbocycles. The summed E-state index contributed by atoms with van der Waals surface area (Å²) >= 11 is 6.80. The minimum absolute atomic E-state index is 0.0251. The van der Waals surface area contributed by atoms with Gasteiger partial charge in [0.15, 0.2) is 0 Å². The van der Waals surface area contributed by atoms with Crippen LogP contribution in [0.4, 0.5) is 0 Å². The number of thiocarbonyl (C=S) groups is 1. The van der Waals surface area contributed by atoms with Gasteiger partial charge in [-0.05, 0) is 37.7 Å². The predicted octanol–water partition coefficient (Wildman–Crippen LogP) is 2.58. The van der Waals surface area contributed by atoms with Crippen LogP contribution in [0, 0.1) is 6.92 Å². The lowest BCUT2D eigenvalue weighted by Crippen LogP contribution is -2.33. The van der Waals surface area contributed by atoms with E-state index >= 15 is 0 Å². The molecule has 5 heteroatoms. The zero-order chi connectivity index (χ0) is 12.4. The molecular formula is C12H14N2OS2. The van der Waals surface area contributed by atoms with Crippen LogP contribution in [0.15, 0.2) is 17.1 Å². The van der Waals surface area contributed by atoms with Gasteiger partial charge in [0.05, 0.1) is 0 Å². The molecule has 0 radical (unpaired) electrons. The molecule has 0 spiro atoms. The maximum absolute atomic E-state index is 12.0. The van der Waals surface area contributed by atoms with Crippen LogP contribution in [-0.4, -0.2) is 28.2 Å². The average Bonchev–Trinajstić information content (AvgIpc) is 2.79. The summed E-state index contributed by atoms with van der Waals surface area (Å²) in [5.74, 6) is -0.0251. The van der Waals surface area contributed by atoms with Gasteiger partial charge in [-0.15, -0.1) is 11.3 Å². The number of carbonyl (C=O) groups excluding carboxylic acids is 1. The Morgan fingerprint density at radius 3 is 2.82 bits per heavy atom. The van der Waals surface area contributed by atoms with Crippen molar-refractivity contribution < 1.29 is 4.79 Å². The molecule has 90 valence electrons. The van der Waals surface area contributed by atoms with Gasteiger partial charge in [0.25, 0.3) is 5.91 Å². The van der Waals surface area contributed by atoms with Crippen molar-refractivity contribution >= 4 is 40.3 Å². The standard InChI is InChI=1S/C12H14N2OS2/c1-3-6-14-11(15)10(13-12(14)16)7-9-5-4-8(2)17-9/h4-5H,3,6-7H2,1-2H3. The molecule has 3 nitrogen and oxygen atoms in total. The van der Waals surface area contributed by atoms with Crippen molar-refractivity contribution in [1.29, 1.82) is 0 Å². The van der Waals surface area contributed by atoms with Crippen molar-refractivity contribution in [3.8, 4) is 0 Å². The molecule has 0 N–H and O–H groups in total. The van der Waals surface area contributed by atoms with Crippen LogP contribution in [-0.2, 0) is 11.2 Å². The number of thiophene rings is 1. The Hall–Kier alpha value is -1.07. The van der Waals surface area contributed by atoms with Gasteiger partial charge in [-0.2, -0.15) is 0 Å². The highest BCUT2D eigenvalue weighted by molar-refractivity contribution is 7.80. The van der Waals surface area contributed by atoms with E-state index in [2.05, 4.69) is 18.0 Å². The minimum atomic E-state index is -0.0251. The number of amides is 1. The molecule has 0 bridgehead atoms. The molecular weight excluding hydrogens is 252 g/mol. The highest BCUT2D eigenvalue weighted by Gasteiger charge is 2.29. The second-order valence-corrected chi connectivity index (χ2v) is 5.72. The van der Waals surface area contributed by atoms with Gasteiger partial charge in [-0.25, -0.2) is 4.99 Å². The lowest BCUT2D eigenvalue weighted by atomic mass is 10.2. The predicted molar refractivity (Wildman–Crippen MR) is 74.8 cm³/mol. The number of rotatable bonds is 4. The largest absolute Gasteiger partial charge is 0.282 e. The molecule has 0 unspecified atom stereocenters. The molecule has 1 aliphatic heterocycles. The monoisotopic (exact) mass is 266 g/mol. The van der Waals surface area contributed by atoms with E-state index in [1.54, 1.807) is 16.2 Å². The van der Waals surface area contributed by atoms with Crippen LogP contribution in [0.3, 0.4) is 0 Å². The van der Waals surface area contributed by atoms with Crippen LogP contribution >= 0.6 is 23.6 Å². The highest BCUT2D eigenvalue weighted by atomic mass is 32.1. The molecule has 0 atom stereocenters. The van der Waals surface area contributed by atoms with Crippen molar-refractivity contribution in [2.75, 3.05) is 6.54 Å². The lowest BCUT2D eigenvalue weighted by molar-refractivity contribution is -0.120. The molecule has 17 heavy (non-hydrogen) atoms. The number of carbonyl (C=O) groups is 1. The normalized spacial score (nSPS) is 15.6. The first-order valence-electron chi connectivity index (χ1n) is 5.60. The van der Waals surface area contributed by atoms with E-state index in [4.69, 9.17) is 12.2 Å². The fourth-order valence-electron chi connectivity index (χ4n) is 1.75. The maximum atomic E-state index is 12.0. The minimum Gasteiger partial charge on any atom is -0.282 e. The second kappa shape index (κ2) is 5.06.